The minimum Gasteiger partial charge on any atom is -0.493 e. The second-order valence-corrected chi connectivity index (χ2v) is 6.08. The molecule has 0 heterocycles. The van der Waals surface area contributed by atoms with E-state index in [2.05, 4.69) is 6.92 Å². The number of rotatable bonds is 7. The molecular weight excluding hydrogens is 308 g/mol. The minimum atomic E-state index is -0.0390. The summed E-state index contributed by atoms with van der Waals surface area (Å²) in [4.78, 5) is 13.4. The minimum absolute atomic E-state index is 0.0390. The van der Waals surface area contributed by atoms with Crippen LogP contribution < -0.4 is 9.47 Å². The van der Waals surface area contributed by atoms with Crippen molar-refractivity contribution < 1.29 is 14.3 Å². The molecule has 2 aromatic carbocycles. The van der Waals surface area contributed by atoms with E-state index in [9.17, 15) is 4.79 Å². The zero-order valence-corrected chi connectivity index (χ0v) is 14.4. The molecule has 0 aliphatic carbocycles. The molecule has 0 aliphatic rings. The first-order valence-corrected chi connectivity index (χ1v) is 8.34. The van der Waals surface area contributed by atoms with Gasteiger partial charge in [0.1, 0.15) is 0 Å². The highest BCUT2D eigenvalue weighted by molar-refractivity contribution is 7.99. The fourth-order valence-electron chi connectivity index (χ4n) is 2.19. The highest BCUT2D eigenvalue weighted by atomic mass is 32.2. The average molecular weight is 328 g/mol. The largest absolute Gasteiger partial charge is 0.493 e. The molecule has 0 aliphatic heterocycles. The van der Waals surface area contributed by atoms with E-state index < -0.39 is 0 Å². The van der Waals surface area contributed by atoms with Crippen LogP contribution in [-0.2, 0) is 0 Å². The van der Waals surface area contributed by atoms with Crippen LogP contribution in [0.15, 0.2) is 53.4 Å². The van der Waals surface area contributed by atoms with Crippen LogP contribution in [0, 0.1) is 0 Å². The highest BCUT2D eigenvalue weighted by Gasteiger charge is 2.08. The Balaban J connectivity index is 2.18. The molecule has 0 unspecified atom stereocenters. The quantitative estimate of drug-likeness (QED) is 0.419. The Morgan fingerprint density at radius 3 is 2.43 bits per heavy atom. The fraction of sp³-hybridized carbons (Fsp3) is 0.211. The van der Waals surface area contributed by atoms with E-state index in [1.54, 1.807) is 38.1 Å². The van der Waals surface area contributed by atoms with Crippen LogP contribution in [0.2, 0.25) is 0 Å². The Bertz CT molecular complexity index is 690. The number of hydrogen-bond acceptors (Lipinski definition) is 4. The molecule has 0 saturated heterocycles. The third kappa shape index (κ3) is 4.39. The van der Waals surface area contributed by atoms with Crippen LogP contribution in [0.1, 0.15) is 22.8 Å². The van der Waals surface area contributed by atoms with Crippen molar-refractivity contribution in [3.8, 4) is 11.5 Å². The smallest absolute Gasteiger partial charge is 0.185 e. The van der Waals surface area contributed by atoms with Crippen molar-refractivity contribution in [1.82, 2.24) is 0 Å². The number of carbonyl (C=O) groups excluding carboxylic acids is 1. The van der Waals surface area contributed by atoms with E-state index >= 15 is 0 Å². The molecule has 4 heteroatoms. The lowest BCUT2D eigenvalue weighted by molar-refractivity contribution is 0.104. The lowest BCUT2D eigenvalue weighted by Gasteiger charge is -2.09. The molecule has 3 nitrogen and oxygen atoms in total. The van der Waals surface area contributed by atoms with Crippen molar-refractivity contribution >= 4 is 23.6 Å². The number of benzene rings is 2. The summed E-state index contributed by atoms with van der Waals surface area (Å²) >= 11 is 1.76. The third-order valence-corrected chi connectivity index (χ3v) is 4.19. The molecule has 0 bridgehead atoms. The molecule has 2 aromatic rings. The maximum absolute atomic E-state index is 12.3. The number of para-hydroxylation sites is 1. The molecule has 2 rings (SSSR count). The molecule has 0 saturated carbocycles. The van der Waals surface area contributed by atoms with Crippen LogP contribution >= 0.6 is 11.8 Å². The van der Waals surface area contributed by atoms with Crippen molar-refractivity contribution in [2.45, 2.75) is 11.8 Å². The van der Waals surface area contributed by atoms with E-state index in [1.165, 1.54) is 4.90 Å². The van der Waals surface area contributed by atoms with Gasteiger partial charge in [0.15, 0.2) is 17.3 Å². The summed E-state index contributed by atoms with van der Waals surface area (Å²) in [6.07, 6.45) is 3.30. The Morgan fingerprint density at radius 1 is 1.09 bits per heavy atom. The zero-order valence-electron chi connectivity index (χ0n) is 13.5. The Kier molecular flexibility index (Phi) is 6.29. The maximum atomic E-state index is 12.3. The molecule has 120 valence electrons. The molecule has 0 radical (unpaired) electrons. The second-order valence-electron chi connectivity index (χ2n) is 4.74. The van der Waals surface area contributed by atoms with Gasteiger partial charge in [0, 0.05) is 16.0 Å². The third-order valence-electron chi connectivity index (χ3n) is 3.30. The average Bonchev–Trinajstić information content (AvgIpc) is 2.60. The Morgan fingerprint density at radius 2 is 1.83 bits per heavy atom. The van der Waals surface area contributed by atoms with E-state index in [0.717, 1.165) is 11.3 Å². The summed E-state index contributed by atoms with van der Waals surface area (Å²) in [5.41, 5.74) is 1.47. The van der Waals surface area contributed by atoms with Crippen molar-refractivity contribution in [3.05, 3.63) is 59.7 Å². The van der Waals surface area contributed by atoms with Crippen LogP contribution in [0.4, 0.5) is 0 Å². The Labute approximate surface area is 141 Å². The number of ketones is 1. The SMILES string of the molecule is CCSc1ccc(C(=O)C=Cc2cccc(OC)c2OC)cc1. The predicted molar refractivity (Wildman–Crippen MR) is 95.8 cm³/mol. The normalized spacial score (nSPS) is 10.7. The maximum Gasteiger partial charge on any atom is 0.185 e. The van der Waals surface area contributed by atoms with E-state index in [4.69, 9.17) is 9.47 Å². The molecule has 0 amide bonds. The second kappa shape index (κ2) is 8.44. The first-order chi connectivity index (χ1) is 11.2. The standard InChI is InChI=1S/C19H20O3S/c1-4-23-16-11-8-14(9-12-16)17(20)13-10-15-6-5-7-18(21-2)19(15)22-3/h5-13H,4H2,1-3H3. The van der Waals surface area contributed by atoms with Gasteiger partial charge >= 0.3 is 0 Å². The first kappa shape index (κ1) is 17.2. The van der Waals surface area contributed by atoms with Gasteiger partial charge in [0.25, 0.3) is 0 Å². The van der Waals surface area contributed by atoms with Crippen molar-refractivity contribution in [2.24, 2.45) is 0 Å². The summed E-state index contributed by atoms with van der Waals surface area (Å²) in [7, 11) is 3.17. The predicted octanol–water partition coefficient (Wildman–Crippen LogP) is 4.71. The van der Waals surface area contributed by atoms with Gasteiger partial charge in [-0.25, -0.2) is 0 Å². The molecule has 0 atom stereocenters. The van der Waals surface area contributed by atoms with Gasteiger partial charge < -0.3 is 9.47 Å². The van der Waals surface area contributed by atoms with Gasteiger partial charge in [-0.1, -0.05) is 19.1 Å². The molecular formula is C19H20O3S. The zero-order chi connectivity index (χ0) is 16.7. The number of thioether (sulfide) groups is 1. The van der Waals surface area contributed by atoms with E-state index in [-0.39, 0.29) is 5.78 Å². The summed E-state index contributed by atoms with van der Waals surface area (Å²) in [5, 5.41) is 0. The van der Waals surface area contributed by atoms with E-state index in [0.29, 0.717) is 17.1 Å². The van der Waals surface area contributed by atoms with Crippen LogP contribution in [-0.4, -0.2) is 25.8 Å². The lowest BCUT2D eigenvalue weighted by Crippen LogP contribution is -1.95. The number of hydrogen-bond donors (Lipinski definition) is 0. The first-order valence-electron chi connectivity index (χ1n) is 7.35. The summed E-state index contributed by atoms with van der Waals surface area (Å²) in [5.74, 6) is 2.24. The van der Waals surface area contributed by atoms with Crippen LogP contribution in [0.3, 0.4) is 0 Å². The molecule has 23 heavy (non-hydrogen) atoms. The lowest BCUT2D eigenvalue weighted by atomic mass is 10.1. The number of carbonyl (C=O) groups is 1. The molecule has 0 fully saturated rings. The molecule has 0 spiro atoms. The molecule has 0 N–H and O–H groups in total. The topological polar surface area (TPSA) is 35.5 Å². The van der Waals surface area contributed by atoms with Gasteiger partial charge in [0.2, 0.25) is 0 Å². The Hall–Kier alpha value is -2.20. The number of ether oxygens (including phenoxy) is 2. The van der Waals surface area contributed by atoms with Gasteiger partial charge in [-0.05, 0) is 48.2 Å². The monoisotopic (exact) mass is 328 g/mol. The van der Waals surface area contributed by atoms with Gasteiger partial charge in [-0.15, -0.1) is 11.8 Å². The van der Waals surface area contributed by atoms with Gasteiger partial charge in [-0.2, -0.15) is 0 Å². The molecule has 0 aromatic heterocycles. The summed E-state index contributed by atoms with van der Waals surface area (Å²) in [6, 6.07) is 13.2. The van der Waals surface area contributed by atoms with Crippen molar-refractivity contribution in [1.29, 1.82) is 0 Å². The van der Waals surface area contributed by atoms with Gasteiger partial charge in [0.05, 0.1) is 14.2 Å². The highest BCUT2D eigenvalue weighted by Crippen LogP contribution is 2.31. The van der Waals surface area contributed by atoms with Crippen LogP contribution in [0.25, 0.3) is 6.08 Å². The van der Waals surface area contributed by atoms with E-state index in [1.807, 2.05) is 42.5 Å². The fourth-order valence-corrected chi connectivity index (χ4v) is 2.85. The van der Waals surface area contributed by atoms with Gasteiger partial charge in [-0.3, -0.25) is 4.79 Å². The number of methoxy groups -OCH3 is 2. The van der Waals surface area contributed by atoms with Crippen molar-refractivity contribution in [2.75, 3.05) is 20.0 Å². The van der Waals surface area contributed by atoms with Crippen LogP contribution in [0.5, 0.6) is 11.5 Å². The number of allylic oxidation sites excluding steroid dienone is 1. The summed E-state index contributed by atoms with van der Waals surface area (Å²) < 4.78 is 10.6. The summed E-state index contributed by atoms with van der Waals surface area (Å²) in [6.45, 7) is 2.11. The van der Waals surface area contributed by atoms with Crippen molar-refractivity contribution in [3.63, 3.8) is 0 Å².